The van der Waals surface area contributed by atoms with Crippen LogP contribution in [0.2, 0.25) is 0 Å². The molecule has 0 atom stereocenters. The number of benzene rings is 1. The zero-order valence-corrected chi connectivity index (χ0v) is 13.1. The van der Waals surface area contributed by atoms with Crippen LogP contribution in [-0.4, -0.2) is 22.2 Å². The Kier molecular flexibility index (Phi) is 4.34. The van der Waals surface area contributed by atoms with E-state index in [0.29, 0.717) is 6.54 Å². The zero-order chi connectivity index (χ0) is 15.4. The number of nitrogens with zero attached hydrogens (tertiary/aromatic N) is 2. The summed E-state index contributed by atoms with van der Waals surface area (Å²) in [7, 11) is 1.91. The number of thiophene rings is 1. The normalized spacial score (nSPS) is 10.6. The molecular weight excluding hydrogens is 294 g/mol. The highest BCUT2D eigenvalue weighted by Crippen LogP contribution is 2.18. The van der Waals surface area contributed by atoms with E-state index in [1.165, 1.54) is 16.9 Å². The molecule has 0 saturated carbocycles. The van der Waals surface area contributed by atoms with Crippen LogP contribution < -0.4 is 5.32 Å². The molecule has 0 aliphatic carbocycles. The Balaban J connectivity index is 1.54. The first kappa shape index (κ1) is 14.5. The van der Waals surface area contributed by atoms with E-state index in [1.54, 1.807) is 4.68 Å². The highest BCUT2D eigenvalue weighted by molar-refractivity contribution is 7.08. The molecule has 0 fully saturated rings. The number of nitrogens with one attached hydrogen (secondary N) is 1. The first-order chi connectivity index (χ1) is 10.7. The molecule has 0 aliphatic rings. The number of carbonyl (C=O) groups is 1. The summed E-state index contributed by atoms with van der Waals surface area (Å²) in [6, 6.07) is 10.2. The molecule has 0 saturated heterocycles. The number of hydrogen-bond acceptors (Lipinski definition) is 3. The summed E-state index contributed by atoms with van der Waals surface area (Å²) >= 11 is 1.53. The first-order valence-electron chi connectivity index (χ1n) is 7.11. The average Bonchev–Trinajstić information content (AvgIpc) is 3.19. The van der Waals surface area contributed by atoms with Crippen molar-refractivity contribution in [3.05, 3.63) is 64.6 Å². The Hall–Kier alpha value is -2.40. The van der Waals surface area contributed by atoms with Crippen LogP contribution in [0.1, 0.15) is 15.9 Å². The maximum Gasteiger partial charge on any atom is 0.252 e. The van der Waals surface area contributed by atoms with Gasteiger partial charge in [-0.05, 0) is 29.0 Å². The second-order valence-electron chi connectivity index (χ2n) is 5.12. The molecule has 1 N–H and O–H groups in total. The molecule has 0 bridgehead atoms. The molecule has 5 heteroatoms. The maximum atomic E-state index is 11.8. The summed E-state index contributed by atoms with van der Waals surface area (Å²) in [6.07, 6.45) is 4.68. The summed E-state index contributed by atoms with van der Waals surface area (Å²) in [5.74, 6) is -0.00627. The van der Waals surface area contributed by atoms with E-state index in [0.717, 1.165) is 23.1 Å². The SMILES string of the molecule is Cn1cc(-c2ccc(CCNC(=O)c3ccsc3)cc2)cn1. The molecule has 112 valence electrons. The van der Waals surface area contributed by atoms with Crippen LogP contribution in [0.4, 0.5) is 0 Å². The van der Waals surface area contributed by atoms with Gasteiger partial charge in [-0.2, -0.15) is 16.4 Å². The largest absolute Gasteiger partial charge is 0.352 e. The molecule has 0 aliphatic heterocycles. The minimum Gasteiger partial charge on any atom is -0.352 e. The lowest BCUT2D eigenvalue weighted by Gasteiger charge is -2.05. The van der Waals surface area contributed by atoms with E-state index in [9.17, 15) is 4.79 Å². The summed E-state index contributed by atoms with van der Waals surface area (Å²) in [5.41, 5.74) is 4.20. The van der Waals surface area contributed by atoms with Gasteiger partial charge in [-0.1, -0.05) is 24.3 Å². The van der Waals surface area contributed by atoms with Crippen LogP contribution in [-0.2, 0) is 13.5 Å². The van der Waals surface area contributed by atoms with E-state index >= 15 is 0 Å². The van der Waals surface area contributed by atoms with Gasteiger partial charge in [-0.15, -0.1) is 0 Å². The van der Waals surface area contributed by atoms with Crippen molar-refractivity contribution < 1.29 is 4.79 Å². The first-order valence-corrected chi connectivity index (χ1v) is 8.05. The molecule has 0 spiro atoms. The number of aryl methyl sites for hydroxylation is 1. The highest BCUT2D eigenvalue weighted by atomic mass is 32.1. The topological polar surface area (TPSA) is 46.9 Å². The van der Waals surface area contributed by atoms with Crippen molar-refractivity contribution in [1.82, 2.24) is 15.1 Å². The molecule has 3 aromatic rings. The Morgan fingerprint density at radius 1 is 1.23 bits per heavy atom. The van der Waals surface area contributed by atoms with Gasteiger partial charge in [0.25, 0.3) is 5.91 Å². The van der Waals surface area contributed by atoms with E-state index in [4.69, 9.17) is 0 Å². The van der Waals surface area contributed by atoms with E-state index in [-0.39, 0.29) is 5.91 Å². The van der Waals surface area contributed by atoms with Crippen molar-refractivity contribution in [3.63, 3.8) is 0 Å². The van der Waals surface area contributed by atoms with Crippen molar-refractivity contribution in [1.29, 1.82) is 0 Å². The van der Waals surface area contributed by atoms with Crippen LogP contribution >= 0.6 is 11.3 Å². The molecule has 2 aromatic heterocycles. The summed E-state index contributed by atoms with van der Waals surface area (Å²) in [6.45, 7) is 0.640. The van der Waals surface area contributed by atoms with Crippen LogP contribution in [0.15, 0.2) is 53.5 Å². The number of carbonyl (C=O) groups excluding carboxylic acids is 1. The second kappa shape index (κ2) is 6.58. The summed E-state index contributed by atoms with van der Waals surface area (Å²) in [4.78, 5) is 11.8. The molecule has 1 aromatic carbocycles. The Labute approximate surface area is 133 Å². The summed E-state index contributed by atoms with van der Waals surface area (Å²) < 4.78 is 1.79. The lowest BCUT2D eigenvalue weighted by Crippen LogP contribution is -2.25. The third-order valence-corrected chi connectivity index (χ3v) is 4.16. The van der Waals surface area contributed by atoms with Gasteiger partial charge >= 0.3 is 0 Å². The highest BCUT2D eigenvalue weighted by Gasteiger charge is 2.05. The second-order valence-corrected chi connectivity index (χ2v) is 5.90. The van der Waals surface area contributed by atoms with Crippen molar-refractivity contribution in [2.45, 2.75) is 6.42 Å². The standard InChI is InChI=1S/C17H17N3OS/c1-20-11-16(10-19-20)14-4-2-13(3-5-14)6-8-18-17(21)15-7-9-22-12-15/h2-5,7,9-12H,6,8H2,1H3,(H,18,21). The molecule has 1 amide bonds. The van der Waals surface area contributed by atoms with E-state index < -0.39 is 0 Å². The van der Waals surface area contributed by atoms with Crippen LogP contribution in [0.3, 0.4) is 0 Å². The fourth-order valence-corrected chi connectivity index (χ4v) is 2.89. The van der Waals surface area contributed by atoms with Gasteiger partial charge in [-0.25, -0.2) is 0 Å². The zero-order valence-electron chi connectivity index (χ0n) is 12.3. The fraction of sp³-hybridized carbons (Fsp3) is 0.176. The molecule has 0 radical (unpaired) electrons. The third kappa shape index (κ3) is 3.43. The van der Waals surface area contributed by atoms with Gasteiger partial charge in [0.05, 0.1) is 6.20 Å². The van der Waals surface area contributed by atoms with Gasteiger partial charge in [0.2, 0.25) is 0 Å². The van der Waals surface area contributed by atoms with E-state index in [2.05, 4.69) is 34.7 Å². The van der Waals surface area contributed by atoms with Gasteiger partial charge in [0, 0.05) is 36.3 Å². The van der Waals surface area contributed by atoms with Crippen molar-refractivity contribution in [2.75, 3.05) is 6.54 Å². The molecular formula is C17H17N3OS. The maximum absolute atomic E-state index is 11.8. The quantitative estimate of drug-likeness (QED) is 0.787. The number of aromatic nitrogens is 2. The third-order valence-electron chi connectivity index (χ3n) is 3.47. The van der Waals surface area contributed by atoms with Gasteiger partial charge in [0.1, 0.15) is 0 Å². The predicted octanol–water partition coefficient (Wildman–Crippen LogP) is 3.12. The number of amides is 1. The Bertz CT molecular complexity index is 745. The van der Waals surface area contributed by atoms with Crippen molar-refractivity contribution in [3.8, 4) is 11.1 Å². The number of rotatable bonds is 5. The predicted molar refractivity (Wildman–Crippen MR) is 89.0 cm³/mol. The number of hydrogen-bond donors (Lipinski definition) is 1. The van der Waals surface area contributed by atoms with Crippen LogP contribution in [0, 0.1) is 0 Å². The van der Waals surface area contributed by atoms with Crippen LogP contribution in [0.5, 0.6) is 0 Å². The minimum absolute atomic E-state index is 0.00627. The average molecular weight is 311 g/mol. The van der Waals surface area contributed by atoms with Crippen LogP contribution in [0.25, 0.3) is 11.1 Å². The molecule has 2 heterocycles. The van der Waals surface area contributed by atoms with Gasteiger partial charge in [0.15, 0.2) is 0 Å². The molecule has 0 unspecified atom stereocenters. The van der Waals surface area contributed by atoms with Gasteiger partial charge in [-0.3, -0.25) is 9.48 Å². The van der Waals surface area contributed by atoms with Crippen molar-refractivity contribution in [2.24, 2.45) is 7.05 Å². The monoisotopic (exact) mass is 311 g/mol. The molecule has 3 rings (SSSR count). The lowest BCUT2D eigenvalue weighted by molar-refractivity contribution is 0.0954. The molecule has 22 heavy (non-hydrogen) atoms. The van der Waals surface area contributed by atoms with Crippen molar-refractivity contribution >= 4 is 17.2 Å². The summed E-state index contributed by atoms with van der Waals surface area (Å²) in [5, 5.41) is 10.9. The Morgan fingerprint density at radius 2 is 2.05 bits per heavy atom. The van der Waals surface area contributed by atoms with Gasteiger partial charge < -0.3 is 5.32 Å². The fourth-order valence-electron chi connectivity index (χ4n) is 2.25. The van der Waals surface area contributed by atoms with E-state index in [1.807, 2.05) is 36.3 Å². The Morgan fingerprint density at radius 3 is 2.68 bits per heavy atom. The molecule has 4 nitrogen and oxygen atoms in total. The lowest BCUT2D eigenvalue weighted by atomic mass is 10.1. The minimum atomic E-state index is -0.00627. The smallest absolute Gasteiger partial charge is 0.252 e.